The number of carbonyl (C=O) groups is 1. The fraction of sp³-hybridized carbons (Fsp3) is 0.444. The average Bonchev–Trinajstić information content (AvgIpc) is 2.60. The number of pyridine rings is 1. The smallest absolute Gasteiger partial charge is 0.270 e. The molecule has 0 saturated carbocycles. The van der Waals surface area contributed by atoms with E-state index in [1.54, 1.807) is 18.5 Å². The SMILES string of the molecule is Cc1nc(C(=O)NCc2cccnc2)cc(N2CCC(C)CC2)n1. The number of nitrogens with zero attached hydrogens (tertiary/aromatic N) is 4. The van der Waals surface area contributed by atoms with E-state index in [1.807, 2.05) is 19.1 Å². The molecule has 0 aliphatic carbocycles. The quantitative estimate of drug-likeness (QED) is 0.934. The van der Waals surface area contributed by atoms with Crippen molar-refractivity contribution in [2.45, 2.75) is 33.2 Å². The number of nitrogens with one attached hydrogen (secondary N) is 1. The van der Waals surface area contributed by atoms with Gasteiger partial charge >= 0.3 is 0 Å². The molecule has 1 N–H and O–H groups in total. The Morgan fingerprint density at radius 2 is 2.12 bits per heavy atom. The van der Waals surface area contributed by atoms with Gasteiger partial charge in [0, 0.05) is 38.1 Å². The third-order valence-electron chi connectivity index (χ3n) is 4.34. The first kappa shape index (κ1) is 16.4. The van der Waals surface area contributed by atoms with Crippen LogP contribution in [0, 0.1) is 12.8 Å². The molecule has 2 aromatic heterocycles. The summed E-state index contributed by atoms with van der Waals surface area (Å²) in [5.41, 5.74) is 1.38. The van der Waals surface area contributed by atoms with Crippen LogP contribution in [0.5, 0.6) is 0 Å². The summed E-state index contributed by atoms with van der Waals surface area (Å²) in [7, 11) is 0. The zero-order valence-electron chi connectivity index (χ0n) is 14.2. The average molecular weight is 325 g/mol. The Morgan fingerprint density at radius 3 is 2.83 bits per heavy atom. The van der Waals surface area contributed by atoms with E-state index in [0.717, 1.165) is 43.2 Å². The molecule has 0 bridgehead atoms. The van der Waals surface area contributed by atoms with E-state index in [0.29, 0.717) is 18.1 Å². The third-order valence-corrected chi connectivity index (χ3v) is 4.34. The first-order valence-corrected chi connectivity index (χ1v) is 8.39. The molecule has 0 unspecified atom stereocenters. The highest BCUT2D eigenvalue weighted by Crippen LogP contribution is 2.21. The Hall–Kier alpha value is -2.50. The van der Waals surface area contributed by atoms with Gasteiger partial charge in [0.05, 0.1) is 0 Å². The van der Waals surface area contributed by atoms with Gasteiger partial charge < -0.3 is 10.2 Å². The minimum absolute atomic E-state index is 0.184. The van der Waals surface area contributed by atoms with Crippen LogP contribution in [-0.4, -0.2) is 33.9 Å². The highest BCUT2D eigenvalue weighted by Gasteiger charge is 2.19. The van der Waals surface area contributed by atoms with Crippen molar-refractivity contribution in [1.29, 1.82) is 0 Å². The van der Waals surface area contributed by atoms with Gasteiger partial charge in [-0.05, 0) is 37.3 Å². The van der Waals surface area contributed by atoms with Gasteiger partial charge in [-0.1, -0.05) is 13.0 Å². The van der Waals surface area contributed by atoms with Gasteiger partial charge in [-0.25, -0.2) is 9.97 Å². The minimum Gasteiger partial charge on any atom is -0.356 e. The Labute approximate surface area is 142 Å². The largest absolute Gasteiger partial charge is 0.356 e. The molecule has 2 aromatic rings. The number of aromatic nitrogens is 3. The molecular formula is C18H23N5O. The molecule has 3 heterocycles. The zero-order valence-corrected chi connectivity index (χ0v) is 14.2. The highest BCUT2D eigenvalue weighted by atomic mass is 16.1. The predicted molar refractivity (Wildman–Crippen MR) is 92.8 cm³/mol. The van der Waals surface area contributed by atoms with Gasteiger partial charge in [-0.15, -0.1) is 0 Å². The molecule has 1 amide bonds. The van der Waals surface area contributed by atoms with Crippen molar-refractivity contribution in [1.82, 2.24) is 20.3 Å². The molecule has 0 radical (unpaired) electrons. The molecule has 0 spiro atoms. The summed E-state index contributed by atoms with van der Waals surface area (Å²) in [6, 6.07) is 5.58. The minimum atomic E-state index is -0.184. The van der Waals surface area contributed by atoms with Crippen LogP contribution in [0.4, 0.5) is 5.82 Å². The number of hydrogen-bond donors (Lipinski definition) is 1. The molecule has 0 aromatic carbocycles. The molecule has 1 saturated heterocycles. The molecule has 0 atom stereocenters. The van der Waals surface area contributed by atoms with E-state index in [1.165, 1.54) is 0 Å². The van der Waals surface area contributed by atoms with E-state index >= 15 is 0 Å². The van der Waals surface area contributed by atoms with Gasteiger partial charge in [-0.3, -0.25) is 9.78 Å². The fourth-order valence-corrected chi connectivity index (χ4v) is 2.84. The molecule has 1 fully saturated rings. The lowest BCUT2D eigenvalue weighted by Gasteiger charge is -2.31. The Morgan fingerprint density at radius 1 is 1.33 bits per heavy atom. The maximum absolute atomic E-state index is 12.4. The summed E-state index contributed by atoms with van der Waals surface area (Å²) in [4.78, 5) is 27.5. The van der Waals surface area contributed by atoms with Crippen LogP contribution in [-0.2, 0) is 6.54 Å². The number of piperidine rings is 1. The van der Waals surface area contributed by atoms with E-state index in [9.17, 15) is 4.79 Å². The van der Waals surface area contributed by atoms with Crippen LogP contribution in [0.1, 0.15) is 41.6 Å². The topological polar surface area (TPSA) is 71.0 Å². The van der Waals surface area contributed by atoms with E-state index in [-0.39, 0.29) is 5.91 Å². The zero-order chi connectivity index (χ0) is 16.9. The van der Waals surface area contributed by atoms with Crippen molar-refractivity contribution in [3.8, 4) is 0 Å². The highest BCUT2D eigenvalue weighted by molar-refractivity contribution is 5.92. The van der Waals surface area contributed by atoms with E-state index in [2.05, 4.69) is 32.1 Å². The molecular weight excluding hydrogens is 302 g/mol. The standard InChI is InChI=1S/C18H23N5O/c1-13-5-8-23(9-6-13)17-10-16(21-14(2)22-17)18(24)20-12-15-4-3-7-19-11-15/h3-4,7,10-11,13H,5-6,8-9,12H2,1-2H3,(H,20,24). The van der Waals surface area contributed by atoms with Crippen molar-refractivity contribution in [2.75, 3.05) is 18.0 Å². The molecule has 1 aliphatic rings. The fourth-order valence-electron chi connectivity index (χ4n) is 2.84. The van der Waals surface area contributed by atoms with Crippen molar-refractivity contribution >= 4 is 11.7 Å². The summed E-state index contributed by atoms with van der Waals surface area (Å²) >= 11 is 0. The summed E-state index contributed by atoms with van der Waals surface area (Å²) < 4.78 is 0. The summed E-state index contributed by atoms with van der Waals surface area (Å²) in [5, 5.41) is 2.89. The predicted octanol–water partition coefficient (Wildman–Crippen LogP) is 2.35. The van der Waals surface area contributed by atoms with Crippen LogP contribution in [0.25, 0.3) is 0 Å². The number of hydrogen-bond acceptors (Lipinski definition) is 5. The molecule has 6 nitrogen and oxygen atoms in total. The normalized spacial score (nSPS) is 15.3. The van der Waals surface area contributed by atoms with Gasteiger partial charge in [0.25, 0.3) is 5.91 Å². The number of aryl methyl sites for hydroxylation is 1. The molecule has 6 heteroatoms. The van der Waals surface area contributed by atoms with Crippen LogP contribution < -0.4 is 10.2 Å². The number of amides is 1. The lowest BCUT2D eigenvalue weighted by Crippen LogP contribution is -2.34. The number of carbonyl (C=O) groups excluding carboxylic acids is 1. The molecule has 24 heavy (non-hydrogen) atoms. The van der Waals surface area contributed by atoms with Gasteiger partial charge in [0.1, 0.15) is 17.3 Å². The monoisotopic (exact) mass is 325 g/mol. The second kappa shape index (κ2) is 7.38. The molecule has 1 aliphatic heterocycles. The molecule has 3 rings (SSSR count). The molecule has 126 valence electrons. The maximum Gasteiger partial charge on any atom is 0.270 e. The van der Waals surface area contributed by atoms with Gasteiger partial charge in [-0.2, -0.15) is 0 Å². The number of anilines is 1. The second-order valence-electron chi connectivity index (χ2n) is 6.37. The van der Waals surface area contributed by atoms with E-state index in [4.69, 9.17) is 0 Å². The van der Waals surface area contributed by atoms with Gasteiger partial charge in [0.15, 0.2) is 0 Å². The number of rotatable bonds is 4. The van der Waals surface area contributed by atoms with Crippen molar-refractivity contribution < 1.29 is 4.79 Å². The lowest BCUT2D eigenvalue weighted by molar-refractivity contribution is 0.0945. The Kier molecular flexibility index (Phi) is 5.03. The summed E-state index contributed by atoms with van der Waals surface area (Å²) in [6.45, 7) is 6.50. The van der Waals surface area contributed by atoms with Crippen molar-refractivity contribution in [3.63, 3.8) is 0 Å². The lowest BCUT2D eigenvalue weighted by atomic mass is 9.99. The summed E-state index contributed by atoms with van der Waals surface area (Å²) in [5.74, 6) is 2.04. The Balaban J connectivity index is 1.69. The van der Waals surface area contributed by atoms with Crippen LogP contribution in [0.2, 0.25) is 0 Å². The first-order valence-electron chi connectivity index (χ1n) is 8.39. The second-order valence-corrected chi connectivity index (χ2v) is 6.37. The van der Waals surface area contributed by atoms with Gasteiger partial charge in [0.2, 0.25) is 0 Å². The van der Waals surface area contributed by atoms with Crippen molar-refractivity contribution in [2.24, 2.45) is 5.92 Å². The van der Waals surface area contributed by atoms with Crippen LogP contribution in [0.3, 0.4) is 0 Å². The Bertz CT molecular complexity index is 696. The van der Waals surface area contributed by atoms with Crippen LogP contribution >= 0.6 is 0 Å². The maximum atomic E-state index is 12.4. The van der Waals surface area contributed by atoms with Crippen LogP contribution in [0.15, 0.2) is 30.6 Å². The van der Waals surface area contributed by atoms with E-state index < -0.39 is 0 Å². The van der Waals surface area contributed by atoms with Crippen molar-refractivity contribution in [3.05, 3.63) is 47.7 Å². The first-order chi connectivity index (χ1) is 11.6. The third kappa shape index (κ3) is 4.07. The summed E-state index contributed by atoms with van der Waals surface area (Å²) in [6.07, 6.45) is 5.77.